The van der Waals surface area contributed by atoms with Crippen molar-refractivity contribution in [3.05, 3.63) is 89.7 Å². The predicted molar refractivity (Wildman–Crippen MR) is 223 cm³/mol. The van der Waals surface area contributed by atoms with Crippen LogP contribution in [0.25, 0.3) is 11.0 Å². The molecule has 5 aliphatic heterocycles. The lowest BCUT2D eigenvalue weighted by atomic mass is 9.86. The summed E-state index contributed by atoms with van der Waals surface area (Å²) in [6.07, 6.45) is 5.36. The number of amides is 4. The van der Waals surface area contributed by atoms with Crippen molar-refractivity contribution in [2.24, 2.45) is 10.6 Å². The summed E-state index contributed by atoms with van der Waals surface area (Å²) in [5, 5.41) is 14.0. The number of primary sulfonamides is 1. The molecule has 3 unspecified atom stereocenters. The molecule has 17 nitrogen and oxygen atoms in total. The number of ether oxygens (including phenoxy) is 1. The average Bonchev–Trinajstić information content (AvgIpc) is 4.13. The number of halogens is 1. The van der Waals surface area contributed by atoms with Crippen LogP contribution >= 0.6 is 0 Å². The van der Waals surface area contributed by atoms with E-state index < -0.39 is 45.4 Å². The molecule has 0 radical (unpaired) electrons. The van der Waals surface area contributed by atoms with Gasteiger partial charge in [0.15, 0.2) is 11.4 Å². The number of hydrogen-bond donors (Lipinski definition) is 1. The van der Waals surface area contributed by atoms with Crippen molar-refractivity contribution in [2.45, 2.75) is 55.3 Å². The number of methoxy groups -OCH3 is 1. The first-order valence-electron chi connectivity index (χ1n) is 20.6. The van der Waals surface area contributed by atoms with Crippen LogP contribution in [0.4, 0.5) is 21.6 Å². The second-order valence-corrected chi connectivity index (χ2v) is 18.8. The molecule has 3 atom stereocenters. The molecule has 0 saturated carbocycles. The molecular weight excluding hydrogens is 822 g/mol. The Morgan fingerprint density at radius 2 is 1.68 bits per heavy atom. The second-order valence-electron chi connectivity index (χ2n) is 17.2. The van der Waals surface area contributed by atoms with Gasteiger partial charge in [-0.05, 0) is 86.0 Å². The first kappa shape index (κ1) is 39.9. The minimum atomic E-state index is -3.83. The average molecular weight is 866 g/mol. The van der Waals surface area contributed by atoms with Crippen LogP contribution in [0.1, 0.15) is 58.4 Å². The fraction of sp³-hybridized carbons (Fsp3) is 0.395. The highest BCUT2D eigenvalue weighted by molar-refractivity contribution is 7.89. The van der Waals surface area contributed by atoms with Crippen LogP contribution in [0.15, 0.2) is 82.5 Å². The van der Waals surface area contributed by atoms with E-state index in [-0.39, 0.29) is 65.2 Å². The number of aromatic nitrogens is 3. The van der Waals surface area contributed by atoms with Crippen LogP contribution < -0.4 is 24.6 Å². The summed E-state index contributed by atoms with van der Waals surface area (Å²) in [4.78, 5) is 63.7. The van der Waals surface area contributed by atoms with E-state index in [4.69, 9.17) is 14.4 Å². The van der Waals surface area contributed by atoms with Gasteiger partial charge in [-0.15, -0.1) is 0 Å². The molecule has 0 bridgehead atoms. The number of benzene rings is 3. The lowest BCUT2D eigenvalue weighted by Gasteiger charge is -2.33. The van der Waals surface area contributed by atoms with E-state index in [1.807, 2.05) is 11.0 Å². The van der Waals surface area contributed by atoms with Gasteiger partial charge in [0.25, 0.3) is 17.7 Å². The van der Waals surface area contributed by atoms with E-state index in [1.165, 1.54) is 13.2 Å². The highest BCUT2D eigenvalue weighted by Crippen LogP contribution is 2.44. The summed E-state index contributed by atoms with van der Waals surface area (Å²) in [5.74, 6) is -2.45. The molecule has 10 rings (SSSR count). The fourth-order valence-electron chi connectivity index (χ4n) is 10.1. The van der Waals surface area contributed by atoms with Gasteiger partial charge in [0, 0.05) is 74.7 Å². The minimum Gasteiger partial charge on any atom is -0.496 e. The maximum atomic E-state index is 16.7. The van der Waals surface area contributed by atoms with E-state index in [0.29, 0.717) is 29.9 Å². The van der Waals surface area contributed by atoms with Gasteiger partial charge in [-0.25, -0.2) is 22.8 Å². The number of hydrogen-bond acceptors (Lipinski definition) is 13. The SMILES string of the molecule is COc1cc(Cn2cccn2)cc2onc(N3C(=O)CCC(N4C(=O)c5ccc(N6CCC(F)(CN7CCC8(CCN(c9cccc(S(N)(=O)=O)c9)C8)C7)C6)cc5C4=O)C3=O)c12. The molecule has 62 heavy (non-hydrogen) atoms. The molecule has 2 aromatic heterocycles. The molecule has 4 amide bonds. The number of fused-ring (bicyclic) bond motifs is 2. The number of nitrogens with two attached hydrogens (primary N) is 1. The number of carbonyl (C=O) groups excluding carboxylic acids is 4. The standard InChI is InChI=1S/C43H44FN9O8S/c1-60-34-18-27(22-51-14-3-13-46-51)19-35-37(34)38(47-61-35)53-36(54)9-8-33(41(53)57)52-39(55)31-7-6-29(21-32(31)40(52)56)50-17-12-43(44,26-50)25-48-15-10-42(23-48)11-16-49(24-42)28-4-2-5-30(20-28)62(45,58)59/h2-7,13-14,18-21,33H,8-12,15-17,22-26H2,1H3,(H2,45,58,59). The maximum Gasteiger partial charge on any atom is 0.262 e. The highest BCUT2D eigenvalue weighted by Gasteiger charge is 2.50. The first-order chi connectivity index (χ1) is 29.7. The van der Waals surface area contributed by atoms with Crippen LogP contribution in [0.2, 0.25) is 0 Å². The number of rotatable bonds is 10. The first-order valence-corrected chi connectivity index (χ1v) is 22.1. The maximum absolute atomic E-state index is 16.7. The minimum absolute atomic E-state index is 0.0317. The third-order valence-corrected chi connectivity index (χ3v) is 14.1. The molecule has 322 valence electrons. The number of carbonyl (C=O) groups is 4. The van der Waals surface area contributed by atoms with Crippen molar-refractivity contribution < 1.29 is 41.2 Å². The molecule has 4 saturated heterocycles. The molecular formula is C43H44FN9O8S. The number of sulfonamides is 1. The highest BCUT2D eigenvalue weighted by atomic mass is 32.2. The van der Waals surface area contributed by atoms with E-state index >= 15 is 4.39 Å². The molecule has 2 N–H and O–H groups in total. The molecule has 1 spiro atoms. The second kappa shape index (κ2) is 14.7. The fourth-order valence-corrected chi connectivity index (χ4v) is 10.7. The van der Waals surface area contributed by atoms with Crippen LogP contribution in [0, 0.1) is 5.41 Å². The largest absolute Gasteiger partial charge is 0.496 e. The van der Waals surface area contributed by atoms with Crippen molar-refractivity contribution in [2.75, 3.05) is 67.6 Å². The zero-order valence-electron chi connectivity index (χ0n) is 33.9. The van der Waals surface area contributed by atoms with E-state index in [0.717, 1.165) is 60.1 Å². The Balaban J connectivity index is 0.811. The summed E-state index contributed by atoms with van der Waals surface area (Å²) < 4.78 is 53.6. The molecule has 7 heterocycles. The van der Waals surface area contributed by atoms with Gasteiger partial charge in [-0.3, -0.25) is 33.7 Å². The third kappa shape index (κ3) is 6.87. The Bertz CT molecular complexity index is 2780. The summed E-state index contributed by atoms with van der Waals surface area (Å²) in [7, 11) is -2.38. The Hall–Kier alpha value is -6.18. The van der Waals surface area contributed by atoms with E-state index in [1.54, 1.807) is 65.6 Å². The number of nitrogens with zero attached hydrogens (tertiary/aromatic N) is 8. The molecule has 3 aromatic carbocycles. The smallest absolute Gasteiger partial charge is 0.262 e. The number of imide groups is 2. The number of likely N-dealkylation sites (tertiary alicyclic amines) is 1. The van der Waals surface area contributed by atoms with Gasteiger partial charge < -0.3 is 19.1 Å². The molecule has 19 heteroatoms. The van der Waals surface area contributed by atoms with Crippen LogP contribution in [-0.2, 0) is 26.2 Å². The molecule has 4 fully saturated rings. The molecule has 5 aliphatic rings. The summed E-state index contributed by atoms with van der Waals surface area (Å²) in [5.41, 5.74) is 1.14. The number of alkyl halides is 1. The lowest BCUT2D eigenvalue weighted by molar-refractivity contribution is -0.132. The summed E-state index contributed by atoms with van der Waals surface area (Å²) in [6.45, 7) is 4.15. The topological polar surface area (TPSA) is 198 Å². The third-order valence-electron chi connectivity index (χ3n) is 13.2. The van der Waals surface area contributed by atoms with Gasteiger partial charge in [-0.2, -0.15) is 5.10 Å². The number of piperidine rings is 1. The predicted octanol–water partition coefficient (Wildman–Crippen LogP) is 3.57. The quantitative estimate of drug-likeness (QED) is 0.200. The normalized spacial score (nSPS) is 24.5. The Morgan fingerprint density at radius 1 is 0.903 bits per heavy atom. The number of anilines is 3. The monoisotopic (exact) mass is 865 g/mol. The summed E-state index contributed by atoms with van der Waals surface area (Å²) in [6, 6.07) is 15.5. The zero-order chi connectivity index (χ0) is 43.1. The van der Waals surface area contributed by atoms with E-state index in [9.17, 15) is 27.6 Å². The Labute approximate surface area is 355 Å². The Morgan fingerprint density at radius 3 is 2.47 bits per heavy atom. The Kier molecular flexibility index (Phi) is 9.49. The van der Waals surface area contributed by atoms with Crippen LogP contribution in [0.3, 0.4) is 0 Å². The van der Waals surface area contributed by atoms with E-state index in [2.05, 4.69) is 20.1 Å². The van der Waals surface area contributed by atoms with Gasteiger partial charge in [0.1, 0.15) is 22.8 Å². The molecule has 0 aliphatic carbocycles. The van der Waals surface area contributed by atoms with Crippen LogP contribution in [-0.4, -0.2) is 121 Å². The van der Waals surface area contributed by atoms with Gasteiger partial charge in [0.05, 0.1) is 36.2 Å². The van der Waals surface area contributed by atoms with Crippen molar-refractivity contribution in [3.8, 4) is 5.75 Å². The van der Waals surface area contributed by atoms with Gasteiger partial charge in [0.2, 0.25) is 15.9 Å². The van der Waals surface area contributed by atoms with Crippen LogP contribution in [0.5, 0.6) is 5.75 Å². The van der Waals surface area contributed by atoms with Crippen molar-refractivity contribution >= 4 is 61.8 Å². The van der Waals surface area contributed by atoms with Crippen molar-refractivity contribution in [3.63, 3.8) is 0 Å². The van der Waals surface area contributed by atoms with Crippen molar-refractivity contribution in [1.29, 1.82) is 0 Å². The molecule has 5 aromatic rings. The van der Waals surface area contributed by atoms with Crippen molar-refractivity contribution in [1.82, 2.24) is 24.7 Å². The lowest BCUT2D eigenvalue weighted by Crippen LogP contribution is -2.56. The summed E-state index contributed by atoms with van der Waals surface area (Å²) >= 11 is 0. The zero-order valence-corrected chi connectivity index (χ0v) is 34.7. The van der Waals surface area contributed by atoms with Gasteiger partial charge >= 0.3 is 0 Å². The van der Waals surface area contributed by atoms with Gasteiger partial charge in [-0.1, -0.05) is 11.2 Å².